The Labute approximate surface area is 137 Å². The molecule has 21 heavy (non-hydrogen) atoms. The van der Waals surface area contributed by atoms with E-state index in [0.29, 0.717) is 12.4 Å². The van der Waals surface area contributed by atoms with Gasteiger partial charge in [-0.05, 0) is 36.8 Å². The van der Waals surface area contributed by atoms with E-state index in [9.17, 15) is 0 Å². The number of nitrogens with zero attached hydrogens (tertiary/aromatic N) is 1. The average Bonchev–Trinajstić information content (AvgIpc) is 2.52. The van der Waals surface area contributed by atoms with Crippen molar-refractivity contribution in [3.8, 4) is 0 Å². The summed E-state index contributed by atoms with van der Waals surface area (Å²) in [5.74, 6) is 0.644. The van der Waals surface area contributed by atoms with Crippen LogP contribution in [-0.4, -0.2) is 17.8 Å². The molecule has 1 aliphatic rings. The van der Waals surface area contributed by atoms with Crippen LogP contribution >= 0.6 is 27.5 Å². The van der Waals surface area contributed by atoms with Gasteiger partial charge in [0.15, 0.2) is 5.60 Å². The Morgan fingerprint density at radius 1 is 1.14 bits per heavy atom. The highest BCUT2D eigenvalue weighted by Gasteiger charge is 2.41. The first-order valence-corrected chi connectivity index (χ1v) is 8.01. The third-order valence-corrected chi connectivity index (χ3v) is 4.82. The second-order valence-corrected chi connectivity index (χ2v) is 6.64. The number of rotatable bonds is 2. The van der Waals surface area contributed by atoms with Crippen LogP contribution in [0.2, 0.25) is 0 Å². The molecule has 0 radical (unpaired) electrons. The van der Waals surface area contributed by atoms with E-state index >= 15 is 0 Å². The van der Waals surface area contributed by atoms with Gasteiger partial charge in [-0.2, -0.15) is 0 Å². The number of hydrogen-bond acceptors (Lipinski definition) is 2. The smallest absolute Gasteiger partial charge is 0.217 e. The zero-order valence-corrected chi connectivity index (χ0v) is 13.9. The molecule has 0 bridgehead atoms. The lowest BCUT2D eigenvalue weighted by Crippen LogP contribution is -2.43. The van der Waals surface area contributed by atoms with Crippen molar-refractivity contribution in [3.05, 3.63) is 70.2 Å². The van der Waals surface area contributed by atoms with E-state index < -0.39 is 5.60 Å². The standard InChI is InChI=1S/C17H15BrClNO/c1-17(13-5-3-2-4-6-13)15(19)11-20-16(21-17)12-7-9-14(18)10-8-12/h2-10,15H,11H2,1H3/t15-,17-/m0/s1. The molecule has 0 amide bonds. The number of hydrogen-bond donors (Lipinski definition) is 0. The average molecular weight is 365 g/mol. The maximum absolute atomic E-state index is 6.50. The van der Waals surface area contributed by atoms with Crippen LogP contribution in [-0.2, 0) is 10.3 Å². The minimum absolute atomic E-state index is 0.195. The summed E-state index contributed by atoms with van der Waals surface area (Å²) in [6.07, 6.45) is 0. The summed E-state index contributed by atoms with van der Waals surface area (Å²) >= 11 is 9.93. The SMILES string of the molecule is C[C@@]1(c2ccccc2)OC(c2ccc(Br)cc2)=NC[C@@H]1Cl. The summed E-state index contributed by atoms with van der Waals surface area (Å²) in [6.45, 7) is 2.56. The molecular weight excluding hydrogens is 350 g/mol. The van der Waals surface area contributed by atoms with Crippen molar-refractivity contribution < 1.29 is 4.74 Å². The van der Waals surface area contributed by atoms with E-state index in [1.54, 1.807) is 0 Å². The lowest BCUT2D eigenvalue weighted by atomic mass is 9.90. The monoisotopic (exact) mass is 363 g/mol. The summed E-state index contributed by atoms with van der Waals surface area (Å²) in [5.41, 5.74) is 1.45. The maximum atomic E-state index is 6.50. The van der Waals surface area contributed by atoms with Crippen LogP contribution in [0.4, 0.5) is 0 Å². The predicted molar refractivity (Wildman–Crippen MR) is 90.1 cm³/mol. The fraction of sp³-hybridized carbons (Fsp3) is 0.235. The Morgan fingerprint density at radius 2 is 1.81 bits per heavy atom. The summed E-state index contributed by atoms with van der Waals surface area (Å²) in [6, 6.07) is 18.0. The van der Waals surface area contributed by atoms with Crippen LogP contribution in [0.1, 0.15) is 18.1 Å². The van der Waals surface area contributed by atoms with E-state index in [2.05, 4.69) is 20.9 Å². The van der Waals surface area contributed by atoms with Crippen molar-refractivity contribution in [1.29, 1.82) is 0 Å². The van der Waals surface area contributed by atoms with E-state index in [1.807, 2.05) is 61.5 Å². The Kier molecular flexibility index (Phi) is 4.05. The second-order valence-electron chi connectivity index (χ2n) is 5.20. The fourth-order valence-electron chi connectivity index (χ4n) is 2.39. The van der Waals surface area contributed by atoms with Gasteiger partial charge in [0.2, 0.25) is 5.90 Å². The minimum atomic E-state index is -0.576. The molecular formula is C17H15BrClNO. The van der Waals surface area contributed by atoms with Crippen LogP contribution in [0, 0.1) is 0 Å². The molecule has 108 valence electrons. The lowest BCUT2D eigenvalue weighted by molar-refractivity contribution is 0.0594. The summed E-state index contributed by atoms with van der Waals surface area (Å²) in [5, 5.41) is -0.195. The van der Waals surface area contributed by atoms with Crippen molar-refractivity contribution in [2.75, 3.05) is 6.54 Å². The topological polar surface area (TPSA) is 21.6 Å². The third-order valence-electron chi connectivity index (χ3n) is 3.74. The van der Waals surface area contributed by atoms with Crippen LogP contribution < -0.4 is 0 Å². The van der Waals surface area contributed by atoms with Crippen LogP contribution in [0.25, 0.3) is 0 Å². The quantitative estimate of drug-likeness (QED) is 0.705. The first-order chi connectivity index (χ1) is 10.1. The van der Waals surface area contributed by atoms with Crippen LogP contribution in [0.5, 0.6) is 0 Å². The first-order valence-electron chi connectivity index (χ1n) is 6.78. The number of halogens is 2. The Morgan fingerprint density at radius 3 is 2.48 bits per heavy atom. The molecule has 0 saturated carbocycles. The first kappa shape index (κ1) is 14.6. The highest BCUT2D eigenvalue weighted by molar-refractivity contribution is 9.10. The second kappa shape index (κ2) is 5.82. The van der Waals surface area contributed by atoms with Gasteiger partial charge in [0.1, 0.15) is 0 Å². The van der Waals surface area contributed by atoms with E-state index in [0.717, 1.165) is 15.6 Å². The van der Waals surface area contributed by atoms with Gasteiger partial charge in [-0.15, -0.1) is 11.6 Å². The zero-order valence-electron chi connectivity index (χ0n) is 11.6. The van der Waals surface area contributed by atoms with Crippen LogP contribution in [0.15, 0.2) is 64.1 Å². The molecule has 0 N–H and O–H groups in total. The molecule has 2 aromatic rings. The maximum Gasteiger partial charge on any atom is 0.217 e. The molecule has 2 aromatic carbocycles. The molecule has 1 heterocycles. The van der Waals surface area contributed by atoms with Gasteiger partial charge in [-0.1, -0.05) is 46.3 Å². The molecule has 2 nitrogen and oxygen atoms in total. The van der Waals surface area contributed by atoms with Gasteiger partial charge in [0, 0.05) is 10.0 Å². The molecule has 0 aliphatic carbocycles. The molecule has 3 rings (SSSR count). The summed E-state index contributed by atoms with van der Waals surface area (Å²) < 4.78 is 7.23. The van der Waals surface area contributed by atoms with E-state index in [1.165, 1.54) is 0 Å². The molecule has 0 aromatic heterocycles. The summed E-state index contributed by atoms with van der Waals surface area (Å²) in [4.78, 5) is 4.48. The fourth-order valence-corrected chi connectivity index (χ4v) is 2.89. The Balaban J connectivity index is 1.95. The highest BCUT2D eigenvalue weighted by atomic mass is 79.9. The van der Waals surface area contributed by atoms with E-state index in [4.69, 9.17) is 16.3 Å². The van der Waals surface area contributed by atoms with Gasteiger partial charge < -0.3 is 4.74 Å². The van der Waals surface area contributed by atoms with Gasteiger partial charge in [0.25, 0.3) is 0 Å². The Hall–Kier alpha value is -1.32. The van der Waals surface area contributed by atoms with Crippen LogP contribution in [0.3, 0.4) is 0 Å². The molecule has 4 heteroatoms. The van der Waals surface area contributed by atoms with E-state index in [-0.39, 0.29) is 5.38 Å². The molecule has 0 fully saturated rings. The lowest BCUT2D eigenvalue weighted by Gasteiger charge is -2.38. The van der Waals surface area contributed by atoms with Gasteiger partial charge in [-0.25, -0.2) is 4.99 Å². The Bertz CT molecular complexity index is 656. The normalized spacial score (nSPS) is 25.1. The number of alkyl halides is 1. The molecule has 0 saturated heterocycles. The largest absolute Gasteiger partial charge is 0.465 e. The minimum Gasteiger partial charge on any atom is -0.465 e. The van der Waals surface area contributed by atoms with Crippen molar-refractivity contribution in [2.24, 2.45) is 4.99 Å². The molecule has 2 atom stereocenters. The number of ether oxygens (including phenoxy) is 1. The van der Waals surface area contributed by atoms with Gasteiger partial charge in [-0.3, -0.25) is 0 Å². The zero-order chi connectivity index (χ0) is 14.9. The predicted octanol–water partition coefficient (Wildman–Crippen LogP) is 4.75. The van der Waals surface area contributed by atoms with Crippen molar-refractivity contribution in [1.82, 2.24) is 0 Å². The van der Waals surface area contributed by atoms with Gasteiger partial charge in [0.05, 0.1) is 11.9 Å². The van der Waals surface area contributed by atoms with Crippen molar-refractivity contribution in [2.45, 2.75) is 17.9 Å². The number of benzene rings is 2. The molecule has 0 unspecified atom stereocenters. The third kappa shape index (κ3) is 2.85. The van der Waals surface area contributed by atoms with Gasteiger partial charge >= 0.3 is 0 Å². The number of aliphatic imine (C=N–C) groups is 1. The molecule has 1 aliphatic heterocycles. The van der Waals surface area contributed by atoms with Crippen molar-refractivity contribution in [3.63, 3.8) is 0 Å². The summed E-state index contributed by atoms with van der Waals surface area (Å²) in [7, 11) is 0. The highest BCUT2D eigenvalue weighted by Crippen LogP contribution is 2.36. The van der Waals surface area contributed by atoms with Crippen molar-refractivity contribution >= 4 is 33.4 Å². The molecule has 0 spiro atoms.